The number of carbonyl (C=O) groups is 2. The van der Waals surface area contributed by atoms with Gasteiger partial charge in [-0.25, -0.2) is 0 Å². The Labute approximate surface area is 112 Å². The fourth-order valence-corrected chi connectivity index (χ4v) is 2.09. The zero-order valence-corrected chi connectivity index (χ0v) is 12.0. The molecule has 0 aromatic rings. The summed E-state index contributed by atoms with van der Waals surface area (Å²) in [5, 5.41) is 9.91. The molecule has 0 saturated heterocycles. The maximum absolute atomic E-state index is 11.6. The number of aliphatic hydroxyl groups is 1. The SMILES string of the molecule is CCOC(=O)C(C(=O)OCC)C(O)CCSCC. The van der Waals surface area contributed by atoms with Gasteiger partial charge in [0.15, 0.2) is 5.92 Å². The molecule has 6 heteroatoms. The van der Waals surface area contributed by atoms with Crippen LogP contribution in [0.5, 0.6) is 0 Å². The summed E-state index contributed by atoms with van der Waals surface area (Å²) in [6, 6.07) is 0. The van der Waals surface area contributed by atoms with Gasteiger partial charge in [-0.3, -0.25) is 9.59 Å². The average molecular weight is 278 g/mol. The Morgan fingerprint density at radius 1 is 1.11 bits per heavy atom. The molecule has 0 aliphatic carbocycles. The van der Waals surface area contributed by atoms with Gasteiger partial charge in [-0.15, -0.1) is 0 Å². The van der Waals surface area contributed by atoms with Crippen molar-refractivity contribution >= 4 is 23.7 Å². The number of thioether (sulfide) groups is 1. The van der Waals surface area contributed by atoms with Gasteiger partial charge in [0.25, 0.3) is 0 Å². The Bertz CT molecular complexity index is 239. The molecule has 0 amide bonds. The minimum atomic E-state index is -1.23. The van der Waals surface area contributed by atoms with Gasteiger partial charge in [0.2, 0.25) is 0 Å². The fraction of sp³-hybridized carbons (Fsp3) is 0.833. The molecule has 0 aliphatic rings. The molecule has 0 spiro atoms. The third-order valence-corrected chi connectivity index (χ3v) is 3.16. The van der Waals surface area contributed by atoms with E-state index in [1.165, 1.54) is 0 Å². The maximum Gasteiger partial charge on any atom is 0.323 e. The van der Waals surface area contributed by atoms with Crippen LogP contribution in [-0.4, -0.2) is 47.9 Å². The van der Waals surface area contributed by atoms with E-state index in [1.807, 2.05) is 6.92 Å². The summed E-state index contributed by atoms with van der Waals surface area (Å²) in [4.78, 5) is 23.3. The molecule has 0 saturated carbocycles. The normalized spacial score (nSPS) is 12.3. The van der Waals surface area contributed by atoms with Crippen LogP contribution in [0.2, 0.25) is 0 Å². The summed E-state index contributed by atoms with van der Waals surface area (Å²) in [5.74, 6) is -1.05. The van der Waals surface area contributed by atoms with Crippen LogP contribution in [0, 0.1) is 5.92 Å². The number of aliphatic hydroxyl groups excluding tert-OH is 1. The van der Waals surface area contributed by atoms with Crippen molar-refractivity contribution < 1.29 is 24.2 Å². The van der Waals surface area contributed by atoms with E-state index in [0.29, 0.717) is 12.2 Å². The first kappa shape index (κ1) is 17.2. The molecular weight excluding hydrogens is 256 g/mol. The first-order chi connectivity index (χ1) is 8.58. The maximum atomic E-state index is 11.6. The molecule has 0 bridgehead atoms. The summed E-state index contributed by atoms with van der Waals surface area (Å²) in [5.41, 5.74) is 0. The van der Waals surface area contributed by atoms with Crippen molar-refractivity contribution in [3.63, 3.8) is 0 Å². The van der Waals surface area contributed by atoms with Gasteiger partial charge in [-0.2, -0.15) is 11.8 Å². The number of hydrogen-bond acceptors (Lipinski definition) is 6. The molecule has 1 atom stereocenters. The standard InChI is InChI=1S/C12H22O5S/c1-4-16-11(14)10(12(15)17-5-2)9(13)7-8-18-6-3/h9-10,13H,4-8H2,1-3H3. The molecule has 5 nitrogen and oxygen atoms in total. The Balaban J connectivity index is 4.53. The largest absolute Gasteiger partial charge is 0.465 e. The summed E-state index contributed by atoms with van der Waals surface area (Å²) in [6.45, 7) is 5.65. The number of esters is 2. The number of ether oxygens (including phenoxy) is 2. The van der Waals surface area contributed by atoms with E-state index in [9.17, 15) is 14.7 Å². The molecule has 1 unspecified atom stereocenters. The number of carbonyl (C=O) groups excluding carboxylic acids is 2. The predicted octanol–water partition coefficient (Wildman–Crippen LogP) is 1.23. The Kier molecular flexibility index (Phi) is 9.77. The zero-order valence-electron chi connectivity index (χ0n) is 11.2. The quantitative estimate of drug-likeness (QED) is 0.388. The van der Waals surface area contributed by atoms with E-state index in [1.54, 1.807) is 25.6 Å². The molecule has 0 aromatic carbocycles. The highest BCUT2D eigenvalue weighted by Crippen LogP contribution is 2.15. The zero-order chi connectivity index (χ0) is 14.0. The minimum absolute atomic E-state index is 0.172. The van der Waals surface area contributed by atoms with Gasteiger partial charge in [0.05, 0.1) is 19.3 Å². The molecule has 0 fully saturated rings. The molecule has 0 radical (unpaired) electrons. The van der Waals surface area contributed by atoms with Crippen LogP contribution >= 0.6 is 11.8 Å². The van der Waals surface area contributed by atoms with Crippen LogP contribution in [0.4, 0.5) is 0 Å². The van der Waals surface area contributed by atoms with Crippen molar-refractivity contribution in [3.05, 3.63) is 0 Å². The fourth-order valence-electron chi connectivity index (χ4n) is 1.39. The summed E-state index contributed by atoms with van der Waals surface area (Å²) < 4.78 is 9.58. The lowest BCUT2D eigenvalue weighted by Crippen LogP contribution is -2.38. The second kappa shape index (κ2) is 10.2. The van der Waals surface area contributed by atoms with Crippen LogP contribution in [0.25, 0.3) is 0 Å². The lowest BCUT2D eigenvalue weighted by atomic mass is 10.0. The summed E-state index contributed by atoms with van der Waals surface area (Å²) >= 11 is 1.64. The van der Waals surface area contributed by atoms with Crippen LogP contribution in [0.15, 0.2) is 0 Å². The van der Waals surface area contributed by atoms with Crippen molar-refractivity contribution in [1.29, 1.82) is 0 Å². The van der Waals surface area contributed by atoms with Gasteiger partial charge in [-0.05, 0) is 31.8 Å². The molecule has 0 aromatic heterocycles. The van der Waals surface area contributed by atoms with Crippen LogP contribution < -0.4 is 0 Å². The van der Waals surface area contributed by atoms with Crippen molar-refractivity contribution in [1.82, 2.24) is 0 Å². The highest BCUT2D eigenvalue weighted by atomic mass is 32.2. The monoisotopic (exact) mass is 278 g/mol. The van der Waals surface area contributed by atoms with E-state index < -0.39 is 24.0 Å². The summed E-state index contributed by atoms with van der Waals surface area (Å²) in [6.07, 6.45) is -0.692. The molecule has 18 heavy (non-hydrogen) atoms. The highest BCUT2D eigenvalue weighted by molar-refractivity contribution is 7.99. The topological polar surface area (TPSA) is 72.8 Å². The van der Waals surface area contributed by atoms with E-state index in [2.05, 4.69) is 0 Å². The van der Waals surface area contributed by atoms with Gasteiger partial charge in [-0.1, -0.05) is 6.92 Å². The first-order valence-electron chi connectivity index (χ1n) is 6.17. The first-order valence-corrected chi connectivity index (χ1v) is 7.32. The molecule has 0 aliphatic heterocycles. The average Bonchev–Trinajstić information content (AvgIpc) is 2.30. The predicted molar refractivity (Wildman–Crippen MR) is 70.4 cm³/mol. The second-order valence-corrected chi connectivity index (χ2v) is 4.93. The van der Waals surface area contributed by atoms with E-state index in [-0.39, 0.29) is 13.2 Å². The van der Waals surface area contributed by atoms with Crippen LogP contribution in [0.3, 0.4) is 0 Å². The molecule has 0 heterocycles. The van der Waals surface area contributed by atoms with Gasteiger partial charge in [0.1, 0.15) is 0 Å². The van der Waals surface area contributed by atoms with Crippen molar-refractivity contribution in [2.24, 2.45) is 5.92 Å². The highest BCUT2D eigenvalue weighted by Gasteiger charge is 2.36. The van der Waals surface area contributed by atoms with Crippen molar-refractivity contribution in [3.8, 4) is 0 Å². The van der Waals surface area contributed by atoms with E-state index in [4.69, 9.17) is 9.47 Å². The van der Waals surface area contributed by atoms with Crippen molar-refractivity contribution in [2.45, 2.75) is 33.3 Å². The van der Waals surface area contributed by atoms with E-state index in [0.717, 1.165) is 5.75 Å². The molecule has 1 N–H and O–H groups in total. The lowest BCUT2D eigenvalue weighted by Gasteiger charge is -2.19. The van der Waals surface area contributed by atoms with Gasteiger partial charge in [0, 0.05) is 0 Å². The Hall–Kier alpha value is -0.750. The summed E-state index contributed by atoms with van der Waals surface area (Å²) in [7, 11) is 0. The number of rotatable bonds is 9. The van der Waals surface area contributed by atoms with Crippen LogP contribution in [-0.2, 0) is 19.1 Å². The second-order valence-electron chi connectivity index (χ2n) is 3.53. The lowest BCUT2D eigenvalue weighted by molar-refractivity contribution is -0.167. The van der Waals surface area contributed by atoms with Gasteiger partial charge >= 0.3 is 11.9 Å². The van der Waals surface area contributed by atoms with Gasteiger partial charge < -0.3 is 14.6 Å². The number of hydrogen-bond donors (Lipinski definition) is 1. The smallest absolute Gasteiger partial charge is 0.323 e. The van der Waals surface area contributed by atoms with Crippen molar-refractivity contribution in [2.75, 3.05) is 24.7 Å². The molecule has 0 rings (SSSR count). The molecule has 106 valence electrons. The Morgan fingerprint density at radius 3 is 2.00 bits per heavy atom. The third-order valence-electron chi connectivity index (χ3n) is 2.23. The van der Waals surface area contributed by atoms with Crippen LogP contribution in [0.1, 0.15) is 27.2 Å². The third kappa shape index (κ3) is 6.26. The Morgan fingerprint density at radius 2 is 1.61 bits per heavy atom. The van der Waals surface area contributed by atoms with E-state index >= 15 is 0 Å². The molecular formula is C12H22O5S. The minimum Gasteiger partial charge on any atom is -0.465 e.